The number of carbonyl (C=O) groups is 2. The molecule has 3 atom stereocenters. The van der Waals surface area contributed by atoms with Crippen LogP contribution in [0.3, 0.4) is 0 Å². The van der Waals surface area contributed by atoms with E-state index in [1.165, 1.54) is 0 Å². The van der Waals surface area contributed by atoms with E-state index in [-0.39, 0.29) is 11.9 Å². The normalized spacial score (nSPS) is 19.9. The number of carboxylic acid groups (broad SMARTS) is 1. The quantitative estimate of drug-likeness (QED) is 0.798. The second-order valence-corrected chi connectivity index (χ2v) is 6.54. The standard InChI is InChI=1S/C20H22N2O4/c1-13(22-19(23)17-8-9-18(17)20(24)25)14-5-4-7-16(11-14)26-12-15-6-2-3-10-21-15/h2-7,10-11,13,17-18H,8-9,12H2,1H3,(H,22,23)(H,24,25). The summed E-state index contributed by atoms with van der Waals surface area (Å²) in [4.78, 5) is 27.6. The molecule has 3 rings (SSSR count). The summed E-state index contributed by atoms with van der Waals surface area (Å²) in [7, 11) is 0. The second kappa shape index (κ2) is 7.99. The lowest BCUT2D eigenvalue weighted by molar-refractivity contribution is -0.152. The van der Waals surface area contributed by atoms with Gasteiger partial charge >= 0.3 is 5.97 Å². The van der Waals surface area contributed by atoms with Gasteiger partial charge in [-0.05, 0) is 49.6 Å². The minimum atomic E-state index is -0.894. The lowest BCUT2D eigenvalue weighted by Gasteiger charge is -2.33. The lowest BCUT2D eigenvalue weighted by atomic mass is 9.73. The number of hydrogen-bond donors (Lipinski definition) is 2. The molecule has 26 heavy (non-hydrogen) atoms. The van der Waals surface area contributed by atoms with Gasteiger partial charge in [-0.15, -0.1) is 0 Å². The highest BCUT2D eigenvalue weighted by Gasteiger charge is 2.41. The van der Waals surface area contributed by atoms with Gasteiger partial charge in [0.15, 0.2) is 0 Å². The summed E-state index contributed by atoms with van der Waals surface area (Å²) in [5.74, 6) is -1.39. The zero-order chi connectivity index (χ0) is 18.5. The molecule has 6 heteroatoms. The van der Waals surface area contributed by atoms with Crippen LogP contribution in [0.15, 0.2) is 48.7 Å². The SMILES string of the molecule is CC(NC(=O)C1CCC1C(=O)O)c1cccc(OCc2ccccn2)c1. The molecule has 0 spiro atoms. The van der Waals surface area contributed by atoms with E-state index in [0.29, 0.717) is 25.2 Å². The number of hydrogen-bond acceptors (Lipinski definition) is 4. The van der Waals surface area contributed by atoms with Crippen LogP contribution in [0.5, 0.6) is 5.75 Å². The molecule has 1 aliphatic rings. The third kappa shape index (κ3) is 4.20. The van der Waals surface area contributed by atoms with Gasteiger partial charge in [-0.25, -0.2) is 0 Å². The Morgan fingerprint density at radius 3 is 2.69 bits per heavy atom. The molecule has 1 heterocycles. The highest BCUT2D eigenvalue weighted by molar-refractivity contribution is 5.86. The van der Waals surface area contributed by atoms with Crippen LogP contribution in [-0.4, -0.2) is 22.0 Å². The van der Waals surface area contributed by atoms with Crippen molar-refractivity contribution in [2.45, 2.75) is 32.4 Å². The lowest BCUT2D eigenvalue weighted by Crippen LogP contribution is -2.44. The van der Waals surface area contributed by atoms with Crippen molar-refractivity contribution in [3.63, 3.8) is 0 Å². The van der Waals surface area contributed by atoms with E-state index in [0.717, 1.165) is 11.3 Å². The Morgan fingerprint density at radius 1 is 1.23 bits per heavy atom. The van der Waals surface area contributed by atoms with E-state index in [1.54, 1.807) is 6.20 Å². The van der Waals surface area contributed by atoms with E-state index in [9.17, 15) is 9.59 Å². The largest absolute Gasteiger partial charge is 0.487 e. The van der Waals surface area contributed by atoms with Gasteiger partial charge in [-0.2, -0.15) is 0 Å². The Labute approximate surface area is 152 Å². The highest BCUT2D eigenvalue weighted by atomic mass is 16.5. The van der Waals surface area contributed by atoms with Crippen LogP contribution >= 0.6 is 0 Å². The number of carboxylic acids is 1. The molecule has 1 aromatic carbocycles. The Hall–Kier alpha value is -2.89. The molecule has 0 bridgehead atoms. The van der Waals surface area contributed by atoms with Crippen molar-refractivity contribution in [1.29, 1.82) is 0 Å². The molecule has 1 aliphatic carbocycles. The van der Waals surface area contributed by atoms with Gasteiger partial charge < -0.3 is 15.2 Å². The molecule has 1 saturated carbocycles. The van der Waals surface area contributed by atoms with E-state index in [2.05, 4.69) is 10.3 Å². The number of benzene rings is 1. The Morgan fingerprint density at radius 2 is 2.04 bits per heavy atom. The number of nitrogens with zero attached hydrogens (tertiary/aromatic N) is 1. The topological polar surface area (TPSA) is 88.5 Å². The smallest absolute Gasteiger partial charge is 0.307 e. The summed E-state index contributed by atoms with van der Waals surface area (Å²) in [5, 5.41) is 12.0. The first-order valence-corrected chi connectivity index (χ1v) is 8.70. The van der Waals surface area contributed by atoms with Crippen molar-refractivity contribution in [2.24, 2.45) is 11.8 Å². The molecule has 0 radical (unpaired) electrons. The number of pyridine rings is 1. The average Bonchev–Trinajstić information content (AvgIpc) is 2.59. The summed E-state index contributed by atoms with van der Waals surface area (Å²) in [6.45, 7) is 2.25. The molecule has 3 unspecified atom stereocenters. The minimum Gasteiger partial charge on any atom is -0.487 e. The number of carbonyl (C=O) groups excluding carboxylic acids is 1. The van der Waals surface area contributed by atoms with Crippen molar-refractivity contribution in [3.05, 3.63) is 59.9 Å². The molecule has 0 saturated heterocycles. The third-order valence-electron chi connectivity index (χ3n) is 4.76. The van der Waals surface area contributed by atoms with Crippen molar-refractivity contribution in [3.8, 4) is 5.75 Å². The molecule has 6 nitrogen and oxygen atoms in total. The molecule has 1 fully saturated rings. The molecule has 0 aliphatic heterocycles. The van der Waals surface area contributed by atoms with Crippen LogP contribution in [0.4, 0.5) is 0 Å². The number of amides is 1. The van der Waals surface area contributed by atoms with Gasteiger partial charge in [0.05, 0.1) is 23.6 Å². The van der Waals surface area contributed by atoms with Crippen molar-refractivity contribution >= 4 is 11.9 Å². The zero-order valence-corrected chi connectivity index (χ0v) is 14.6. The van der Waals surface area contributed by atoms with Crippen molar-refractivity contribution in [2.75, 3.05) is 0 Å². The van der Waals surface area contributed by atoms with Crippen LogP contribution in [0, 0.1) is 11.8 Å². The fourth-order valence-corrected chi connectivity index (χ4v) is 3.03. The number of nitrogens with one attached hydrogen (secondary N) is 1. The average molecular weight is 354 g/mol. The van der Waals surface area contributed by atoms with E-state index in [4.69, 9.17) is 9.84 Å². The van der Waals surface area contributed by atoms with Crippen LogP contribution in [-0.2, 0) is 16.2 Å². The Bertz CT molecular complexity index is 778. The fraction of sp³-hybridized carbons (Fsp3) is 0.350. The predicted octanol–water partition coefficient (Wildman–Crippen LogP) is 2.95. The second-order valence-electron chi connectivity index (χ2n) is 6.54. The maximum Gasteiger partial charge on any atom is 0.307 e. The maximum absolute atomic E-state index is 12.3. The van der Waals surface area contributed by atoms with Gasteiger partial charge in [0, 0.05) is 6.20 Å². The molecule has 1 aromatic heterocycles. The van der Waals surface area contributed by atoms with Gasteiger partial charge in [-0.1, -0.05) is 18.2 Å². The molecule has 1 amide bonds. The molecular weight excluding hydrogens is 332 g/mol. The Balaban J connectivity index is 1.58. The summed E-state index contributed by atoms with van der Waals surface area (Å²) in [5.41, 5.74) is 1.74. The van der Waals surface area contributed by atoms with Gasteiger partial charge in [-0.3, -0.25) is 14.6 Å². The van der Waals surface area contributed by atoms with Crippen LogP contribution < -0.4 is 10.1 Å². The van der Waals surface area contributed by atoms with Gasteiger partial charge in [0.2, 0.25) is 5.91 Å². The van der Waals surface area contributed by atoms with E-state index in [1.807, 2.05) is 49.4 Å². The van der Waals surface area contributed by atoms with Gasteiger partial charge in [0.1, 0.15) is 12.4 Å². The number of ether oxygens (including phenoxy) is 1. The van der Waals surface area contributed by atoms with E-state index < -0.39 is 17.8 Å². The first-order chi connectivity index (χ1) is 12.5. The summed E-state index contributed by atoms with van der Waals surface area (Å²) >= 11 is 0. The predicted molar refractivity (Wildman–Crippen MR) is 95.4 cm³/mol. The van der Waals surface area contributed by atoms with Crippen LogP contribution in [0.1, 0.15) is 37.1 Å². The molecule has 2 aromatic rings. The summed E-state index contributed by atoms with van der Waals surface area (Å²) < 4.78 is 5.76. The fourth-order valence-electron chi connectivity index (χ4n) is 3.03. The maximum atomic E-state index is 12.3. The van der Waals surface area contributed by atoms with E-state index >= 15 is 0 Å². The molecule has 2 N–H and O–H groups in total. The number of rotatable bonds is 7. The number of aromatic nitrogens is 1. The van der Waals surface area contributed by atoms with Gasteiger partial charge in [0.25, 0.3) is 0 Å². The minimum absolute atomic E-state index is 0.198. The summed E-state index contributed by atoms with van der Waals surface area (Å²) in [6.07, 6.45) is 2.92. The highest BCUT2D eigenvalue weighted by Crippen LogP contribution is 2.35. The van der Waals surface area contributed by atoms with Crippen LogP contribution in [0.25, 0.3) is 0 Å². The van der Waals surface area contributed by atoms with Crippen molar-refractivity contribution < 1.29 is 19.4 Å². The summed E-state index contributed by atoms with van der Waals surface area (Å²) in [6, 6.07) is 12.9. The third-order valence-corrected chi connectivity index (χ3v) is 4.76. The van der Waals surface area contributed by atoms with Crippen molar-refractivity contribution in [1.82, 2.24) is 10.3 Å². The Kier molecular flexibility index (Phi) is 5.51. The first-order valence-electron chi connectivity index (χ1n) is 8.70. The monoisotopic (exact) mass is 354 g/mol. The zero-order valence-electron chi connectivity index (χ0n) is 14.6. The number of aliphatic carboxylic acids is 1. The molecule has 136 valence electrons. The van der Waals surface area contributed by atoms with Crippen LogP contribution in [0.2, 0.25) is 0 Å². The first kappa shape index (κ1) is 17.9. The molecular formula is C20H22N2O4.